The van der Waals surface area contributed by atoms with Gasteiger partial charge in [0.25, 0.3) is 0 Å². The molecule has 1 aliphatic carbocycles. The second-order valence-electron chi connectivity index (χ2n) is 3.55. The Hall–Kier alpha value is -0.740. The first-order valence-electron chi connectivity index (χ1n) is 4.53. The number of hydrogen-bond acceptors (Lipinski definition) is 1. The van der Waals surface area contributed by atoms with Gasteiger partial charge in [0, 0.05) is 5.56 Å². The summed E-state index contributed by atoms with van der Waals surface area (Å²) < 4.78 is 32.8. The second-order valence-corrected chi connectivity index (χ2v) is 4.48. The van der Waals surface area contributed by atoms with Gasteiger partial charge in [0.05, 0.1) is 5.75 Å². The van der Waals surface area contributed by atoms with E-state index < -0.39 is 11.1 Å². The zero-order valence-electron chi connectivity index (χ0n) is 7.57. The first-order valence-corrected chi connectivity index (χ1v) is 5.81. The van der Waals surface area contributed by atoms with E-state index in [4.69, 9.17) is 4.55 Å². The largest absolute Gasteiger partial charge is 0.306 e. The average molecular weight is 214 g/mol. The molecule has 0 spiro atoms. The van der Waals surface area contributed by atoms with Crippen LogP contribution < -0.4 is 0 Å². The molecule has 1 aromatic carbocycles. The van der Waals surface area contributed by atoms with Gasteiger partial charge in [0.15, 0.2) is 11.1 Å². The summed E-state index contributed by atoms with van der Waals surface area (Å²) in [5.41, 5.74) is 1.32. The van der Waals surface area contributed by atoms with Crippen molar-refractivity contribution in [2.24, 2.45) is 0 Å². The Morgan fingerprint density at radius 1 is 1.50 bits per heavy atom. The normalized spacial score (nSPS) is 18.1. The molecular formula is C10H11FO2S. The zero-order valence-corrected chi connectivity index (χ0v) is 8.39. The molecule has 1 unspecified atom stereocenters. The molecule has 2 rings (SSSR count). The van der Waals surface area contributed by atoms with Gasteiger partial charge in [-0.25, -0.2) is 8.60 Å². The molecule has 1 N–H and O–H groups in total. The van der Waals surface area contributed by atoms with E-state index in [1.165, 1.54) is 6.07 Å². The Labute approximate surface area is 84.4 Å². The SMILES string of the molecule is O=S(O)Cc1c(F)cccc1C1CC1. The molecule has 1 fully saturated rings. The van der Waals surface area contributed by atoms with Crippen molar-refractivity contribution in [1.82, 2.24) is 0 Å². The van der Waals surface area contributed by atoms with Crippen molar-refractivity contribution in [2.75, 3.05) is 0 Å². The monoisotopic (exact) mass is 214 g/mol. The molecule has 0 aromatic heterocycles. The quantitative estimate of drug-likeness (QED) is 0.784. The topological polar surface area (TPSA) is 37.3 Å². The van der Waals surface area contributed by atoms with Crippen LogP contribution in [0.3, 0.4) is 0 Å². The highest BCUT2D eigenvalue weighted by Crippen LogP contribution is 2.42. The maximum absolute atomic E-state index is 13.4. The molecule has 0 amide bonds. The van der Waals surface area contributed by atoms with Crippen LogP contribution >= 0.6 is 0 Å². The highest BCUT2D eigenvalue weighted by molar-refractivity contribution is 7.78. The van der Waals surface area contributed by atoms with Crippen LogP contribution in [0, 0.1) is 5.82 Å². The van der Waals surface area contributed by atoms with Gasteiger partial charge in [-0.2, -0.15) is 0 Å². The Balaban J connectivity index is 2.37. The molecule has 1 aromatic rings. The van der Waals surface area contributed by atoms with E-state index in [0.29, 0.717) is 11.5 Å². The van der Waals surface area contributed by atoms with Gasteiger partial charge >= 0.3 is 0 Å². The average Bonchev–Trinajstić information content (AvgIpc) is 2.90. The lowest BCUT2D eigenvalue weighted by Gasteiger charge is -2.07. The van der Waals surface area contributed by atoms with Crippen molar-refractivity contribution in [3.63, 3.8) is 0 Å². The van der Waals surface area contributed by atoms with Crippen molar-refractivity contribution in [3.8, 4) is 0 Å². The van der Waals surface area contributed by atoms with Gasteiger partial charge in [-0.15, -0.1) is 0 Å². The van der Waals surface area contributed by atoms with Gasteiger partial charge < -0.3 is 4.55 Å². The summed E-state index contributed by atoms with van der Waals surface area (Å²) in [5.74, 6) is -0.0561. The summed E-state index contributed by atoms with van der Waals surface area (Å²) >= 11 is -1.97. The minimum Gasteiger partial charge on any atom is -0.306 e. The van der Waals surface area contributed by atoms with Gasteiger partial charge in [-0.05, 0) is 30.4 Å². The lowest BCUT2D eigenvalue weighted by Crippen LogP contribution is -2.01. The Kier molecular flexibility index (Phi) is 2.65. The van der Waals surface area contributed by atoms with E-state index in [1.807, 2.05) is 6.07 Å². The van der Waals surface area contributed by atoms with Crippen LogP contribution in [0.5, 0.6) is 0 Å². The van der Waals surface area contributed by atoms with Crippen LogP contribution in [-0.2, 0) is 16.8 Å². The van der Waals surface area contributed by atoms with Gasteiger partial charge in [-0.3, -0.25) is 0 Å². The summed E-state index contributed by atoms with van der Waals surface area (Å²) in [7, 11) is 0. The molecule has 14 heavy (non-hydrogen) atoms. The fraction of sp³-hybridized carbons (Fsp3) is 0.400. The molecule has 2 nitrogen and oxygen atoms in total. The molecule has 0 saturated heterocycles. The zero-order chi connectivity index (χ0) is 10.1. The third kappa shape index (κ3) is 2.01. The predicted octanol–water partition coefficient (Wildman–Crippen LogP) is 2.42. The molecule has 4 heteroatoms. The number of halogens is 1. The summed E-state index contributed by atoms with van der Waals surface area (Å²) in [4.78, 5) is 0. The first-order chi connectivity index (χ1) is 6.68. The maximum Gasteiger partial charge on any atom is 0.157 e. The third-order valence-corrected chi connectivity index (χ3v) is 2.98. The van der Waals surface area contributed by atoms with E-state index in [9.17, 15) is 8.60 Å². The Morgan fingerprint density at radius 2 is 2.21 bits per heavy atom. The second kappa shape index (κ2) is 3.79. The number of rotatable bonds is 3. The van der Waals surface area contributed by atoms with E-state index in [0.717, 1.165) is 18.4 Å². The van der Waals surface area contributed by atoms with Crippen molar-refractivity contribution in [3.05, 3.63) is 35.1 Å². The van der Waals surface area contributed by atoms with Gasteiger partial charge in [0.1, 0.15) is 5.82 Å². The number of hydrogen-bond donors (Lipinski definition) is 1. The predicted molar refractivity (Wildman–Crippen MR) is 52.9 cm³/mol. The standard InChI is InChI=1S/C10H11FO2S/c11-10-3-1-2-8(7-4-5-7)9(10)6-14(12)13/h1-3,7H,4-6H2,(H,12,13). The van der Waals surface area contributed by atoms with Crippen LogP contribution in [0.25, 0.3) is 0 Å². The highest BCUT2D eigenvalue weighted by atomic mass is 32.2. The van der Waals surface area contributed by atoms with Crippen LogP contribution in [0.2, 0.25) is 0 Å². The summed E-state index contributed by atoms with van der Waals surface area (Å²) in [6, 6.07) is 4.85. The minimum absolute atomic E-state index is 0.0987. The summed E-state index contributed by atoms with van der Waals surface area (Å²) in [6.45, 7) is 0. The van der Waals surface area contributed by atoms with Crippen LogP contribution in [-0.4, -0.2) is 8.76 Å². The van der Waals surface area contributed by atoms with E-state index in [1.54, 1.807) is 6.07 Å². The molecule has 0 radical (unpaired) electrons. The smallest absolute Gasteiger partial charge is 0.157 e. The molecule has 0 heterocycles. The summed E-state index contributed by atoms with van der Waals surface area (Å²) in [6.07, 6.45) is 2.13. The van der Waals surface area contributed by atoms with E-state index in [-0.39, 0.29) is 11.6 Å². The molecule has 1 atom stereocenters. The van der Waals surface area contributed by atoms with Gasteiger partial charge in [-0.1, -0.05) is 12.1 Å². The first kappa shape index (κ1) is 9.80. The molecule has 1 saturated carbocycles. The fourth-order valence-electron chi connectivity index (χ4n) is 1.63. The summed E-state index contributed by atoms with van der Waals surface area (Å²) in [5, 5.41) is 0. The Morgan fingerprint density at radius 3 is 2.79 bits per heavy atom. The van der Waals surface area contributed by atoms with Crippen molar-refractivity contribution >= 4 is 11.1 Å². The Bertz CT molecular complexity index is 374. The molecule has 76 valence electrons. The lowest BCUT2D eigenvalue weighted by molar-refractivity contribution is 0.558. The number of benzene rings is 1. The fourth-order valence-corrected chi connectivity index (χ4v) is 2.18. The van der Waals surface area contributed by atoms with Crippen LogP contribution in [0.1, 0.15) is 29.9 Å². The highest BCUT2D eigenvalue weighted by Gasteiger charge is 2.27. The van der Waals surface area contributed by atoms with Crippen LogP contribution in [0.15, 0.2) is 18.2 Å². The van der Waals surface area contributed by atoms with E-state index >= 15 is 0 Å². The van der Waals surface area contributed by atoms with Crippen LogP contribution in [0.4, 0.5) is 4.39 Å². The molecule has 0 aliphatic heterocycles. The third-order valence-electron chi connectivity index (χ3n) is 2.44. The molecular weight excluding hydrogens is 203 g/mol. The lowest BCUT2D eigenvalue weighted by atomic mass is 10.0. The molecule has 1 aliphatic rings. The van der Waals surface area contributed by atoms with Crippen molar-refractivity contribution < 1.29 is 13.2 Å². The maximum atomic E-state index is 13.4. The minimum atomic E-state index is -1.97. The van der Waals surface area contributed by atoms with E-state index in [2.05, 4.69) is 0 Å². The van der Waals surface area contributed by atoms with Crippen molar-refractivity contribution in [2.45, 2.75) is 24.5 Å². The van der Waals surface area contributed by atoms with Crippen molar-refractivity contribution in [1.29, 1.82) is 0 Å². The van der Waals surface area contributed by atoms with Gasteiger partial charge in [0.2, 0.25) is 0 Å². The molecule has 0 bridgehead atoms.